The van der Waals surface area contributed by atoms with Crippen molar-refractivity contribution in [1.82, 2.24) is 20.1 Å². The first-order chi connectivity index (χ1) is 20.8. The first-order valence-electron chi connectivity index (χ1n) is 15.2. The third-order valence-corrected chi connectivity index (χ3v) is 10.6. The molecule has 10 heteroatoms. The van der Waals surface area contributed by atoms with Gasteiger partial charge in [0.2, 0.25) is 0 Å². The van der Waals surface area contributed by atoms with E-state index in [-0.39, 0.29) is 11.5 Å². The van der Waals surface area contributed by atoms with Crippen LogP contribution in [0, 0.1) is 6.92 Å². The quantitative estimate of drug-likeness (QED) is 0.237. The lowest BCUT2D eigenvalue weighted by Gasteiger charge is -2.37. The predicted molar refractivity (Wildman–Crippen MR) is 173 cm³/mol. The van der Waals surface area contributed by atoms with E-state index >= 15 is 0 Å². The van der Waals surface area contributed by atoms with E-state index < -0.39 is 0 Å². The van der Waals surface area contributed by atoms with Gasteiger partial charge in [0.05, 0.1) is 4.88 Å². The molecular weight excluding hydrogens is 558 g/mol. The van der Waals surface area contributed by atoms with Crippen molar-refractivity contribution in [1.29, 1.82) is 0 Å². The minimum Gasteiger partial charge on any atom is -0.353 e. The van der Waals surface area contributed by atoms with Gasteiger partial charge in [-0.15, -0.1) is 21.5 Å². The minimum absolute atomic E-state index is 0.0632. The number of carbonyl (C=O) groups excluding carboxylic acids is 1. The van der Waals surface area contributed by atoms with Gasteiger partial charge in [0, 0.05) is 54.5 Å². The van der Waals surface area contributed by atoms with Crippen molar-refractivity contribution in [2.24, 2.45) is 0 Å². The van der Waals surface area contributed by atoms with E-state index in [1.54, 1.807) is 17.5 Å². The fourth-order valence-corrected chi connectivity index (χ4v) is 8.13. The van der Waals surface area contributed by atoms with Crippen molar-refractivity contribution in [3.63, 3.8) is 0 Å². The van der Waals surface area contributed by atoms with Gasteiger partial charge >= 0.3 is 0 Å². The summed E-state index contributed by atoms with van der Waals surface area (Å²) in [4.78, 5) is 35.7. The molecule has 9 nitrogen and oxygen atoms in total. The fourth-order valence-electron chi connectivity index (χ4n) is 6.84. The monoisotopic (exact) mass is 595 g/mol. The molecule has 2 fully saturated rings. The normalized spacial score (nSPS) is 19.6. The molecule has 0 spiro atoms. The summed E-state index contributed by atoms with van der Waals surface area (Å²) in [6.07, 6.45) is 5.46. The van der Waals surface area contributed by atoms with Crippen molar-refractivity contribution in [3.8, 4) is 11.1 Å². The molecule has 43 heavy (non-hydrogen) atoms. The molecule has 2 unspecified atom stereocenters. The number of nitrogens with zero attached hydrogens (tertiary/aromatic N) is 4. The lowest BCUT2D eigenvalue weighted by Crippen LogP contribution is -2.49. The largest absolute Gasteiger partial charge is 0.353 e. The average Bonchev–Trinajstić information content (AvgIpc) is 3.75. The Bertz CT molecular complexity index is 1690. The maximum Gasteiger partial charge on any atom is 0.271 e. The number of amides is 1. The third kappa shape index (κ3) is 5.34. The Labute approximate surface area is 255 Å². The van der Waals surface area contributed by atoms with Gasteiger partial charge in [-0.2, -0.15) is 0 Å². The number of carbonyl (C=O) groups is 1. The van der Waals surface area contributed by atoms with Crippen LogP contribution < -0.4 is 21.1 Å². The molecule has 2 aliphatic carbocycles. The number of H-pyrrole nitrogens is 1. The molecule has 222 valence electrons. The summed E-state index contributed by atoms with van der Waals surface area (Å²) in [7, 11) is 0. The summed E-state index contributed by atoms with van der Waals surface area (Å²) < 4.78 is 0. The van der Waals surface area contributed by atoms with E-state index in [9.17, 15) is 9.59 Å². The molecule has 1 aliphatic heterocycles. The topological polar surface area (TPSA) is 106 Å². The summed E-state index contributed by atoms with van der Waals surface area (Å²) in [5.74, 6) is 2.56. The van der Waals surface area contributed by atoms with Crippen molar-refractivity contribution in [2.45, 2.75) is 57.9 Å². The zero-order chi connectivity index (χ0) is 29.7. The second kappa shape index (κ2) is 11.2. The van der Waals surface area contributed by atoms with Gasteiger partial charge < -0.3 is 20.5 Å². The third-order valence-electron chi connectivity index (χ3n) is 9.34. The molecular formula is C33H37N7O2S. The molecule has 4 heterocycles. The van der Waals surface area contributed by atoms with E-state index in [1.165, 1.54) is 29.7 Å². The van der Waals surface area contributed by atoms with Crippen LogP contribution in [0.1, 0.15) is 70.6 Å². The van der Waals surface area contributed by atoms with Crippen molar-refractivity contribution in [2.75, 3.05) is 41.7 Å². The Morgan fingerprint density at radius 3 is 2.58 bits per heavy atom. The molecule has 1 aromatic carbocycles. The number of benzene rings is 1. The van der Waals surface area contributed by atoms with Gasteiger partial charge in [-0.3, -0.25) is 14.5 Å². The minimum atomic E-state index is -0.249. The molecule has 2 atom stereocenters. The van der Waals surface area contributed by atoms with Crippen LogP contribution in [0.5, 0.6) is 0 Å². The summed E-state index contributed by atoms with van der Waals surface area (Å²) in [5.41, 5.74) is 4.97. The fraction of sp³-hybridized carbons (Fsp3) is 0.394. The summed E-state index contributed by atoms with van der Waals surface area (Å²) in [6.45, 7) is 10.3. The standard InChI is InChI=1S/C33H37N7O2S/c1-19(2)39-11-13-40(14-12-39)30-10-9-29(37-38-30)35-27-16-23(18-34-32(27)41)24-5-4-6-26(20(24)3)36-33(42)28-17-25-21-7-8-22(15-21)31(25)43-28/h4-6,9-10,16-19,21-22H,7-8,11-15H2,1-3H3,(H,34,41)(H,35,37)(H,36,42). The zero-order valence-corrected chi connectivity index (χ0v) is 25.6. The van der Waals surface area contributed by atoms with Crippen LogP contribution in [-0.2, 0) is 0 Å². The predicted octanol–water partition coefficient (Wildman–Crippen LogP) is 6.09. The smallest absolute Gasteiger partial charge is 0.271 e. The van der Waals surface area contributed by atoms with Crippen molar-refractivity contribution >= 4 is 40.3 Å². The van der Waals surface area contributed by atoms with Crippen LogP contribution in [-0.4, -0.2) is 58.2 Å². The number of rotatable bonds is 7. The summed E-state index contributed by atoms with van der Waals surface area (Å²) in [5, 5.41) is 15.1. The van der Waals surface area contributed by atoms with Crippen LogP contribution in [0.25, 0.3) is 11.1 Å². The zero-order valence-electron chi connectivity index (χ0n) is 24.8. The number of piperazine rings is 1. The number of nitrogens with one attached hydrogen (secondary N) is 3. The maximum atomic E-state index is 13.2. The number of hydrogen-bond donors (Lipinski definition) is 3. The second-order valence-electron chi connectivity index (χ2n) is 12.2. The van der Waals surface area contributed by atoms with Gasteiger partial charge in [-0.25, -0.2) is 0 Å². The number of anilines is 4. The van der Waals surface area contributed by atoms with E-state index in [2.05, 4.69) is 55.5 Å². The molecule has 3 aromatic heterocycles. The number of aromatic nitrogens is 3. The van der Waals surface area contributed by atoms with Gasteiger partial charge in [-0.1, -0.05) is 12.1 Å². The Morgan fingerprint density at radius 1 is 1.02 bits per heavy atom. The number of pyridine rings is 1. The Kier molecular flexibility index (Phi) is 7.26. The average molecular weight is 596 g/mol. The molecule has 3 N–H and O–H groups in total. The summed E-state index contributed by atoms with van der Waals surface area (Å²) >= 11 is 1.66. The highest BCUT2D eigenvalue weighted by Crippen LogP contribution is 2.56. The van der Waals surface area contributed by atoms with Crippen molar-refractivity contribution < 1.29 is 4.79 Å². The first-order valence-corrected chi connectivity index (χ1v) is 16.0. The molecule has 7 rings (SSSR count). The molecule has 1 amide bonds. The highest BCUT2D eigenvalue weighted by Gasteiger charge is 2.39. The van der Waals surface area contributed by atoms with Crippen LogP contribution in [0.15, 0.2) is 53.5 Å². The second-order valence-corrected chi connectivity index (χ2v) is 13.3. The van der Waals surface area contributed by atoms with Crippen LogP contribution in [0.3, 0.4) is 0 Å². The number of fused-ring (bicyclic) bond motifs is 5. The van der Waals surface area contributed by atoms with Crippen LogP contribution >= 0.6 is 11.3 Å². The Hall–Kier alpha value is -4.02. The lowest BCUT2D eigenvalue weighted by molar-refractivity contribution is 0.103. The van der Waals surface area contributed by atoms with E-state index in [1.807, 2.05) is 43.3 Å². The molecule has 2 bridgehead atoms. The number of thiophene rings is 1. The Balaban J connectivity index is 1.06. The van der Waals surface area contributed by atoms with Crippen LogP contribution in [0.4, 0.5) is 23.0 Å². The van der Waals surface area contributed by atoms with Gasteiger partial charge in [0.15, 0.2) is 11.6 Å². The van der Waals surface area contributed by atoms with Gasteiger partial charge in [0.25, 0.3) is 11.5 Å². The molecule has 1 saturated carbocycles. The van der Waals surface area contributed by atoms with Crippen molar-refractivity contribution in [3.05, 3.63) is 79.9 Å². The molecule has 1 saturated heterocycles. The van der Waals surface area contributed by atoms with Gasteiger partial charge in [-0.05, 0) is 98.9 Å². The number of hydrogen-bond acceptors (Lipinski definition) is 8. The van der Waals surface area contributed by atoms with Gasteiger partial charge in [0.1, 0.15) is 5.69 Å². The van der Waals surface area contributed by atoms with Crippen LogP contribution in [0.2, 0.25) is 0 Å². The highest BCUT2D eigenvalue weighted by atomic mass is 32.1. The molecule has 4 aromatic rings. The molecule has 3 aliphatic rings. The maximum absolute atomic E-state index is 13.2. The SMILES string of the molecule is Cc1c(NC(=O)c2cc3c(s2)C2CCC3C2)cccc1-c1c[nH]c(=O)c(Nc2ccc(N3CCN(C(C)C)CC3)nn2)c1. The van der Waals surface area contributed by atoms with E-state index in [0.29, 0.717) is 29.4 Å². The summed E-state index contributed by atoms with van der Waals surface area (Å²) in [6, 6.07) is 14.1. The number of aromatic amines is 1. The lowest BCUT2D eigenvalue weighted by atomic mass is 9.98. The first kappa shape index (κ1) is 27.8. The van der Waals surface area contributed by atoms with E-state index in [0.717, 1.165) is 59.3 Å². The Morgan fingerprint density at radius 2 is 1.84 bits per heavy atom. The highest BCUT2D eigenvalue weighted by molar-refractivity contribution is 7.14. The van der Waals surface area contributed by atoms with E-state index in [4.69, 9.17) is 0 Å². The molecule has 0 radical (unpaired) electrons.